The third kappa shape index (κ3) is 8.28. The molecule has 2 aliphatic rings. The van der Waals surface area contributed by atoms with Gasteiger partial charge in [-0.1, -0.05) is 7.43 Å². The van der Waals surface area contributed by atoms with Crippen molar-refractivity contribution >= 4 is 65.0 Å². The maximum atomic E-state index is 13.7. The van der Waals surface area contributed by atoms with E-state index in [1.807, 2.05) is 0 Å². The Hall–Kier alpha value is -4.32. The smallest absolute Gasteiger partial charge is 0.508 e. The summed E-state index contributed by atoms with van der Waals surface area (Å²) in [6, 6.07) is 10.7. The number of ketones is 2. The second kappa shape index (κ2) is 15.8. The lowest BCUT2D eigenvalue weighted by Gasteiger charge is -2.19. The molecule has 17 heteroatoms. The maximum absolute atomic E-state index is 13.7. The lowest BCUT2D eigenvalue weighted by Crippen LogP contribution is -2.24. The molecule has 0 amide bonds. The summed E-state index contributed by atoms with van der Waals surface area (Å²) in [4.78, 5) is 45.9. The first-order valence-electron chi connectivity index (χ1n) is 11.8. The van der Waals surface area contributed by atoms with Crippen LogP contribution in [0.1, 0.15) is 60.0 Å². The van der Waals surface area contributed by atoms with E-state index in [1.165, 1.54) is 24.3 Å². The Balaban J connectivity index is 0.000000243. The van der Waals surface area contributed by atoms with Crippen LogP contribution >= 0.6 is 30.1 Å². The van der Waals surface area contributed by atoms with Crippen LogP contribution in [0, 0.1) is 23.3 Å². The first kappa shape index (κ1) is 37.9. The molecule has 240 valence electrons. The minimum absolute atomic E-state index is 0. The molecular formula is C29H18AlCl3F4O9. The predicted molar refractivity (Wildman–Crippen MR) is 159 cm³/mol. The molecule has 4 aromatic rings. The molecule has 0 radical (unpaired) electrons. The zero-order chi connectivity index (χ0) is 33.7. The fourth-order valence-electron chi connectivity index (χ4n) is 3.88. The molecule has 46 heavy (non-hydrogen) atoms. The number of phenols is 4. The van der Waals surface area contributed by atoms with E-state index in [0.717, 1.165) is 36.4 Å². The minimum Gasteiger partial charge on any atom is -0.508 e. The number of halogens is 7. The van der Waals surface area contributed by atoms with E-state index in [4.69, 9.17) is 40.4 Å². The summed E-state index contributed by atoms with van der Waals surface area (Å²) >= 11 is -1.72. The van der Waals surface area contributed by atoms with Crippen LogP contribution in [0.3, 0.4) is 0 Å². The molecule has 4 N–H and O–H groups in total. The van der Waals surface area contributed by atoms with Gasteiger partial charge in [-0.3, -0.25) is 9.59 Å². The second-order valence-corrected chi connectivity index (χ2v) is 14.9. The van der Waals surface area contributed by atoms with Crippen molar-refractivity contribution in [2.24, 2.45) is 0 Å². The van der Waals surface area contributed by atoms with Crippen LogP contribution in [0.5, 0.6) is 23.0 Å². The van der Waals surface area contributed by atoms with Crippen LogP contribution in [0.2, 0.25) is 0 Å². The summed E-state index contributed by atoms with van der Waals surface area (Å²) in [5.74, 6) is -9.21. The molecule has 1 aliphatic heterocycles. The molecule has 9 nitrogen and oxygen atoms in total. The van der Waals surface area contributed by atoms with Gasteiger partial charge in [-0.15, -0.1) is 0 Å². The summed E-state index contributed by atoms with van der Waals surface area (Å²) in [5.41, 5.74) is -3.75. The van der Waals surface area contributed by atoms with Crippen molar-refractivity contribution in [2.75, 3.05) is 0 Å². The summed E-state index contributed by atoms with van der Waals surface area (Å²) in [6.07, 6.45) is 0. The molecular weight excluding hydrogens is 702 g/mol. The molecule has 1 heterocycles. The Bertz CT molecular complexity index is 1650. The monoisotopic (exact) mass is 718 g/mol. The second-order valence-electron chi connectivity index (χ2n) is 8.51. The Morgan fingerprint density at radius 3 is 1.02 bits per heavy atom. The number of hydrogen-bond donors (Lipinski definition) is 4. The topological polar surface area (TPSA) is 158 Å². The highest BCUT2D eigenvalue weighted by Gasteiger charge is 2.38. The fraction of sp³-hybridized carbons (Fsp3) is 0.0345. The summed E-state index contributed by atoms with van der Waals surface area (Å²) in [5, 5.41) is 36.6. The number of hydrogen-bond acceptors (Lipinski definition) is 9. The van der Waals surface area contributed by atoms with Gasteiger partial charge in [0.25, 0.3) is 0 Å². The molecule has 1 aliphatic carbocycles. The number of esters is 2. The molecule has 0 saturated heterocycles. The fourth-order valence-corrected chi connectivity index (χ4v) is 3.88. The van der Waals surface area contributed by atoms with Crippen LogP contribution in [-0.2, 0) is 4.74 Å². The van der Waals surface area contributed by atoms with Crippen molar-refractivity contribution in [3.05, 3.63) is 117 Å². The number of aromatic hydroxyl groups is 4. The van der Waals surface area contributed by atoms with Crippen molar-refractivity contribution in [1.29, 1.82) is 0 Å². The SMILES string of the molecule is C.O=C1OC(=O)c2c(F)ccc(F)c21.O=C1c2c(O)ccc(O)c2C(=O)c2c(F)ccc(F)c21.Oc1ccc(O)cc1.[Cl][Al]([Cl])[Cl]. The lowest BCUT2D eigenvalue weighted by atomic mass is 9.82. The zero-order valence-electron chi connectivity index (χ0n) is 21.8. The number of rotatable bonds is 0. The van der Waals surface area contributed by atoms with Gasteiger partial charge in [-0.2, -0.15) is 0 Å². The van der Waals surface area contributed by atoms with Crippen LogP contribution in [0.15, 0.2) is 60.7 Å². The molecule has 0 fully saturated rings. The summed E-state index contributed by atoms with van der Waals surface area (Å²) in [7, 11) is 14.8. The lowest BCUT2D eigenvalue weighted by molar-refractivity contribution is 0.0440. The van der Waals surface area contributed by atoms with Gasteiger partial charge in [0.15, 0.2) is 0 Å². The van der Waals surface area contributed by atoms with Gasteiger partial charge >= 0.3 is 23.3 Å². The van der Waals surface area contributed by atoms with Gasteiger partial charge in [0.1, 0.15) is 57.4 Å². The average Bonchev–Trinajstić information content (AvgIpc) is 3.28. The van der Waals surface area contributed by atoms with Crippen molar-refractivity contribution in [1.82, 2.24) is 0 Å². The third-order valence-electron chi connectivity index (χ3n) is 5.72. The minimum atomic E-state index is -1.72. The van der Waals surface area contributed by atoms with E-state index in [2.05, 4.69) is 4.74 Å². The van der Waals surface area contributed by atoms with Crippen LogP contribution in [-0.4, -0.2) is 55.3 Å². The van der Waals surface area contributed by atoms with Crippen LogP contribution in [0.25, 0.3) is 0 Å². The van der Waals surface area contributed by atoms with E-state index in [-0.39, 0.29) is 18.9 Å². The maximum Gasteiger partial charge on any atom is 0.643 e. The number of phenolic OH excluding ortho intramolecular Hbond substituents is 4. The van der Waals surface area contributed by atoms with Crippen molar-refractivity contribution in [3.8, 4) is 23.0 Å². The molecule has 0 aromatic heterocycles. The molecule has 0 spiro atoms. The Kier molecular flexibility index (Phi) is 13.0. The number of carbonyl (C=O) groups is 4. The molecule has 0 atom stereocenters. The quantitative estimate of drug-likeness (QED) is 0.0442. The third-order valence-corrected chi connectivity index (χ3v) is 5.72. The molecule has 6 rings (SSSR count). The standard InChI is InChI=1S/C14H6F2O4.C8H2F2O3.C6H6O2.CH4.Al.3ClH/c15-5-1-2-6(16)10-9(5)13(19)11-7(17)3-4-8(18)12(11)14(10)20;9-3-1-2-4(10)6-5(3)7(11)13-8(6)12;7-5-1-2-6(8)4-3-5;;;;;/h1-4,17-18H;1-2H;1-4,7-8H;1H4;;3*1H/q;;;;+3;;;/p-3. The first-order chi connectivity index (χ1) is 21.1. The molecule has 0 saturated carbocycles. The highest BCUT2D eigenvalue weighted by Crippen LogP contribution is 2.39. The number of benzene rings is 4. The summed E-state index contributed by atoms with van der Waals surface area (Å²) in [6.45, 7) is 0. The van der Waals surface area contributed by atoms with Gasteiger partial charge in [0.05, 0.1) is 22.3 Å². The van der Waals surface area contributed by atoms with E-state index in [0.29, 0.717) is 0 Å². The largest absolute Gasteiger partial charge is 0.643 e. The summed E-state index contributed by atoms with van der Waals surface area (Å²) < 4.78 is 57.2. The predicted octanol–water partition coefficient (Wildman–Crippen LogP) is 6.85. The van der Waals surface area contributed by atoms with Gasteiger partial charge in [0, 0.05) is 0 Å². The van der Waals surface area contributed by atoms with Crippen molar-refractivity contribution in [2.45, 2.75) is 7.43 Å². The normalized spacial score (nSPS) is 11.9. The van der Waals surface area contributed by atoms with E-state index in [9.17, 15) is 47.0 Å². The first-order valence-corrected chi connectivity index (χ1v) is 17.1. The van der Waals surface area contributed by atoms with Crippen LogP contribution in [0.4, 0.5) is 17.6 Å². The van der Waals surface area contributed by atoms with Crippen molar-refractivity contribution < 1.29 is 61.9 Å². The van der Waals surface area contributed by atoms with Gasteiger partial charge in [0.2, 0.25) is 11.6 Å². The molecule has 0 unspecified atom stereocenters. The highest BCUT2D eigenvalue weighted by atomic mass is 35.8. The van der Waals surface area contributed by atoms with Crippen LogP contribution < -0.4 is 0 Å². The number of carbonyl (C=O) groups excluding carboxylic acids is 4. The van der Waals surface area contributed by atoms with Gasteiger partial charge in [-0.05, 0) is 60.7 Å². The average molecular weight is 720 g/mol. The molecule has 0 bridgehead atoms. The Morgan fingerprint density at radius 2 is 0.739 bits per heavy atom. The van der Waals surface area contributed by atoms with Gasteiger partial charge < -0.3 is 25.2 Å². The zero-order valence-corrected chi connectivity index (χ0v) is 25.2. The van der Waals surface area contributed by atoms with Gasteiger partial charge in [-0.25, -0.2) is 57.3 Å². The highest BCUT2D eigenvalue weighted by molar-refractivity contribution is 7.54. The Morgan fingerprint density at radius 1 is 0.478 bits per heavy atom. The number of cyclic esters (lactones) is 2. The number of ether oxygens (including phenoxy) is 1. The molecule has 4 aromatic carbocycles. The number of fused-ring (bicyclic) bond motifs is 3. The Labute approximate surface area is 273 Å². The van der Waals surface area contributed by atoms with E-state index < -0.39 is 103 Å². The van der Waals surface area contributed by atoms with Crippen molar-refractivity contribution in [3.63, 3.8) is 0 Å². The van der Waals surface area contributed by atoms with E-state index >= 15 is 0 Å². The van der Waals surface area contributed by atoms with E-state index in [1.54, 1.807) is 0 Å².